The molecule has 0 bridgehead atoms. The third-order valence-electron chi connectivity index (χ3n) is 5.67. The highest BCUT2D eigenvalue weighted by molar-refractivity contribution is 7.92. The average molecular weight is 420 g/mol. The molecule has 3 rings (SSSR count). The van der Waals surface area contributed by atoms with Gasteiger partial charge < -0.3 is 14.2 Å². The van der Waals surface area contributed by atoms with E-state index in [1.165, 1.54) is 13.2 Å². The molecule has 0 radical (unpaired) electrons. The van der Waals surface area contributed by atoms with Gasteiger partial charge in [0.2, 0.25) is 0 Å². The minimum absolute atomic E-state index is 0.0947. The van der Waals surface area contributed by atoms with Crippen LogP contribution in [0.4, 0.5) is 5.69 Å². The summed E-state index contributed by atoms with van der Waals surface area (Å²) < 4.78 is 35.7. The zero-order chi connectivity index (χ0) is 21.3. The van der Waals surface area contributed by atoms with Crippen LogP contribution >= 0.6 is 0 Å². The number of nitrogens with zero attached hydrogens (tertiary/aromatic N) is 2. The van der Waals surface area contributed by atoms with Crippen molar-refractivity contribution in [2.45, 2.75) is 38.5 Å². The predicted molar refractivity (Wildman–Crippen MR) is 113 cm³/mol. The van der Waals surface area contributed by atoms with E-state index in [2.05, 4.69) is 11.6 Å². The molecule has 0 spiro atoms. The van der Waals surface area contributed by atoms with Gasteiger partial charge in [0.05, 0.1) is 12.8 Å². The number of rotatable bonds is 5. The van der Waals surface area contributed by atoms with Gasteiger partial charge in [0.25, 0.3) is 15.9 Å². The van der Waals surface area contributed by atoms with Crippen LogP contribution in [-0.4, -0.2) is 44.0 Å². The Morgan fingerprint density at radius 2 is 1.83 bits per heavy atom. The molecule has 1 saturated heterocycles. The largest absolute Gasteiger partial charge is 0.495 e. The molecule has 1 amide bonds. The number of piperidine rings is 1. The van der Waals surface area contributed by atoms with Crippen molar-refractivity contribution in [3.63, 3.8) is 0 Å². The van der Waals surface area contributed by atoms with Gasteiger partial charge in [0, 0.05) is 25.8 Å². The number of hydrogen-bond acceptors (Lipinski definition) is 4. The molecule has 2 aromatic rings. The summed E-state index contributed by atoms with van der Waals surface area (Å²) in [7, 11) is -0.673. The van der Waals surface area contributed by atoms with E-state index in [1.54, 1.807) is 30.7 Å². The van der Waals surface area contributed by atoms with Crippen LogP contribution in [0.3, 0.4) is 0 Å². The Morgan fingerprint density at radius 1 is 1.17 bits per heavy atom. The van der Waals surface area contributed by atoms with Crippen LogP contribution in [0.2, 0.25) is 0 Å². The normalized spacial score (nSPS) is 15.4. The number of carbonyl (C=O) groups excluding carboxylic acids is 1. The average Bonchev–Trinajstić information content (AvgIpc) is 2.97. The summed E-state index contributed by atoms with van der Waals surface area (Å²) in [5, 5.41) is 0. The van der Waals surface area contributed by atoms with E-state index in [0.717, 1.165) is 18.4 Å². The zero-order valence-corrected chi connectivity index (χ0v) is 18.5. The first kappa shape index (κ1) is 21.2. The summed E-state index contributed by atoms with van der Waals surface area (Å²) in [5.41, 5.74) is 2.17. The van der Waals surface area contributed by atoms with Crippen LogP contribution in [0, 0.1) is 19.8 Å². The number of nitrogens with one attached hydrogen (secondary N) is 1. The minimum Gasteiger partial charge on any atom is -0.495 e. The molecule has 1 N–H and O–H groups in total. The summed E-state index contributed by atoms with van der Waals surface area (Å²) >= 11 is 0. The molecule has 1 aromatic carbocycles. The predicted octanol–water partition coefficient (Wildman–Crippen LogP) is 3.32. The molecule has 1 aliphatic rings. The van der Waals surface area contributed by atoms with Crippen LogP contribution in [0.25, 0.3) is 0 Å². The minimum atomic E-state index is -3.89. The highest BCUT2D eigenvalue weighted by Gasteiger charge is 2.28. The second-order valence-corrected chi connectivity index (χ2v) is 9.47. The number of benzene rings is 1. The summed E-state index contributed by atoms with van der Waals surface area (Å²) in [4.78, 5) is 14.9. The molecule has 0 saturated carbocycles. The van der Waals surface area contributed by atoms with Crippen molar-refractivity contribution in [1.82, 2.24) is 9.47 Å². The van der Waals surface area contributed by atoms with E-state index in [1.807, 2.05) is 17.9 Å². The molecule has 1 aliphatic heterocycles. The lowest BCUT2D eigenvalue weighted by Gasteiger charge is -2.30. The fourth-order valence-electron chi connectivity index (χ4n) is 3.62. The van der Waals surface area contributed by atoms with E-state index >= 15 is 0 Å². The third kappa shape index (κ3) is 4.27. The number of aryl methyl sites for hydroxylation is 1. The molecule has 8 heteroatoms. The number of aromatic nitrogens is 1. The standard InChI is InChI=1S/C21H29N3O4S/c1-14-8-10-24(11-9-14)21(25)18-13-20(16(3)23(18)4)29(26,27)22-17-12-15(2)6-7-19(17)28-5/h6-7,12-14,22H,8-11H2,1-5H3. The molecule has 0 unspecified atom stereocenters. The number of ether oxygens (including phenoxy) is 1. The van der Waals surface area contributed by atoms with E-state index in [9.17, 15) is 13.2 Å². The van der Waals surface area contributed by atoms with Gasteiger partial charge in [0.1, 0.15) is 16.3 Å². The maximum absolute atomic E-state index is 13.1. The number of anilines is 1. The Bertz CT molecular complexity index is 1020. The molecule has 2 heterocycles. The third-order valence-corrected chi connectivity index (χ3v) is 7.15. The highest BCUT2D eigenvalue weighted by atomic mass is 32.2. The maximum atomic E-state index is 13.1. The first-order valence-electron chi connectivity index (χ1n) is 9.77. The van der Waals surface area contributed by atoms with E-state index in [-0.39, 0.29) is 10.8 Å². The SMILES string of the molecule is COc1ccc(C)cc1NS(=O)(=O)c1cc(C(=O)N2CCC(C)CC2)n(C)c1C. The lowest BCUT2D eigenvalue weighted by molar-refractivity contribution is 0.0687. The summed E-state index contributed by atoms with van der Waals surface area (Å²) in [6.07, 6.45) is 1.93. The number of amides is 1. The molecular formula is C21H29N3O4S. The summed E-state index contributed by atoms with van der Waals surface area (Å²) in [5.74, 6) is 0.919. The second kappa shape index (κ2) is 8.10. The summed E-state index contributed by atoms with van der Waals surface area (Å²) in [6.45, 7) is 7.17. The van der Waals surface area contributed by atoms with Crippen molar-refractivity contribution in [2.24, 2.45) is 13.0 Å². The van der Waals surface area contributed by atoms with Gasteiger partial charge in [-0.05, 0) is 56.4 Å². The Morgan fingerprint density at radius 3 is 2.45 bits per heavy atom. The van der Waals surface area contributed by atoms with Crippen molar-refractivity contribution in [1.29, 1.82) is 0 Å². The van der Waals surface area contributed by atoms with Crippen molar-refractivity contribution >= 4 is 21.6 Å². The van der Waals surface area contributed by atoms with Gasteiger partial charge in [-0.2, -0.15) is 0 Å². The van der Waals surface area contributed by atoms with Crippen LogP contribution in [-0.2, 0) is 17.1 Å². The number of carbonyl (C=O) groups is 1. The molecule has 0 atom stereocenters. The fraction of sp³-hybridized carbons (Fsp3) is 0.476. The van der Waals surface area contributed by atoms with Gasteiger partial charge in [-0.25, -0.2) is 8.42 Å². The number of likely N-dealkylation sites (tertiary alicyclic amines) is 1. The quantitative estimate of drug-likeness (QED) is 0.806. The van der Waals surface area contributed by atoms with Crippen molar-refractivity contribution in [2.75, 3.05) is 24.9 Å². The van der Waals surface area contributed by atoms with Crippen molar-refractivity contribution < 1.29 is 17.9 Å². The Labute approximate surface area is 172 Å². The molecule has 0 aliphatic carbocycles. The van der Waals surface area contributed by atoms with Gasteiger partial charge >= 0.3 is 0 Å². The van der Waals surface area contributed by atoms with Crippen LogP contribution < -0.4 is 9.46 Å². The molecule has 1 aromatic heterocycles. The Balaban J connectivity index is 1.92. The van der Waals surface area contributed by atoms with Crippen molar-refractivity contribution in [3.05, 3.63) is 41.2 Å². The van der Waals surface area contributed by atoms with Gasteiger partial charge in [0.15, 0.2) is 0 Å². The summed E-state index contributed by atoms with van der Waals surface area (Å²) in [6, 6.07) is 6.76. The Hall–Kier alpha value is -2.48. The van der Waals surface area contributed by atoms with E-state index in [4.69, 9.17) is 4.74 Å². The first-order chi connectivity index (χ1) is 13.6. The van der Waals surface area contributed by atoms with Crippen LogP contribution in [0.5, 0.6) is 5.75 Å². The maximum Gasteiger partial charge on any atom is 0.270 e. The topological polar surface area (TPSA) is 80.6 Å². The zero-order valence-electron chi connectivity index (χ0n) is 17.7. The van der Waals surface area contributed by atoms with Crippen LogP contribution in [0.15, 0.2) is 29.2 Å². The lowest BCUT2D eigenvalue weighted by atomic mass is 9.99. The number of methoxy groups -OCH3 is 1. The number of hydrogen-bond donors (Lipinski definition) is 1. The first-order valence-corrected chi connectivity index (χ1v) is 11.3. The molecule has 29 heavy (non-hydrogen) atoms. The molecule has 1 fully saturated rings. The Kier molecular flexibility index (Phi) is 5.93. The molecular weight excluding hydrogens is 390 g/mol. The van der Waals surface area contributed by atoms with Gasteiger partial charge in [-0.3, -0.25) is 9.52 Å². The van der Waals surface area contributed by atoms with E-state index < -0.39 is 10.0 Å². The van der Waals surface area contributed by atoms with Crippen molar-refractivity contribution in [3.8, 4) is 5.75 Å². The van der Waals surface area contributed by atoms with E-state index in [0.29, 0.717) is 41.8 Å². The van der Waals surface area contributed by atoms with Crippen LogP contribution in [0.1, 0.15) is 41.5 Å². The monoisotopic (exact) mass is 419 g/mol. The molecule has 7 nitrogen and oxygen atoms in total. The molecule has 158 valence electrons. The second-order valence-electron chi connectivity index (χ2n) is 7.82. The lowest BCUT2D eigenvalue weighted by Crippen LogP contribution is -2.38. The highest BCUT2D eigenvalue weighted by Crippen LogP contribution is 2.30. The van der Waals surface area contributed by atoms with Gasteiger partial charge in [-0.15, -0.1) is 0 Å². The van der Waals surface area contributed by atoms with Gasteiger partial charge in [-0.1, -0.05) is 13.0 Å². The smallest absolute Gasteiger partial charge is 0.270 e. The fourth-order valence-corrected chi connectivity index (χ4v) is 4.98. The number of sulfonamides is 1.